The van der Waals surface area contributed by atoms with E-state index in [0.717, 1.165) is 17.7 Å². The number of ketones is 1. The molecule has 0 saturated carbocycles. The molecule has 0 radical (unpaired) electrons. The SMILES string of the molecule is CC(=O)N1CCc2cc(C(=O)C(C)Sc3nnc4n(C)c(=O)c5ccccc5n34)ccc21. The van der Waals surface area contributed by atoms with Crippen molar-refractivity contribution in [2.24, 2.45) is 7.05 Å². The maximum atomic E-state index is 13.2. The van der Waals surface area contributed by atoms with Crippen LogP contribution in [0.15, 0.2) is 52.4 Å². The number of fused-ring (bicyclic) bond motifs is 4. The van der Waals surface area contributed by atoms with Crippen molar-refractivity contribution in [3.8, 4) is 0 Å². The van der Waals surface area contributed by atoms with Gasteiger partial charge in [-0.1, -0.05) is 23.9 Å². The number of anilines is 1. The fraction of sp³-hybridized carbons (Fsp3) is 0.261. The number of rotatable bonds is 4. The van der Waals surface area contributed by atoms with Gasteiger partial charge in [0, 0.05) is 31.8 Å². The van der Waals surface area contributed by atoms with Gasteiger partial charge in [-0.3, -0.25) is 23.4 Å². The molecule has 2 aromatic heterocycles. The molecule has 32 heavy (non-hydrogen) atoms. The number of carbonyl (C=O) groups excluding carboxylic acids is 2. The third kappa shape index (κ3) is 3.12. The maximum absolute atomic E-state index is 13.2. The van der Waals surface area contributed by atoms with E-state index in [1.54, 1.807) is 31.0 Å². The Bertz CT molecular complexity index is 1470. The van der Waals surface area contributed by atoms with Crippen LogP contribution in [0, 0.1) is 0 Å². The van der Waals surface area contributed by atoms with E-state index in [1.165, 1.54) is 16.3 Å². The highest BCUT2D eigenvalue weighted by molar-refractivity contribution is 8.00. The van der Waals surface area contributed by atoms with Crippen LogP contribution >= 0.6 is 11.8 Å². The van der Waals surface area contributed by atoms with Gasteiger partial charge >= 0.3 is 0 Å². The fourth-order valence-corrected chi connectivity index (χ4v) is 5.15. The lowest BCUT2D eigenvalue weighted by atomic mass is 10.0. The van der Waals surface area contributed by atoms with Crippen LogP contribution in [0.3, 0.4) is 0 Å². The first-order valence-corrected chi connectivity index (χ1v) is 11.2. The minimum atomic E-state index is -0.415. The minimum Gasteiger partial charge on any atom is -0.312 e. The van der Waals surface area contributed by atoms with Crippen molar-refractivity contribution in [2.75, 3.05) is 11.4 Å². The van der Waals surface area contributed by atoms with E-state index in [1.807, 2.05) is 41.7 Å². The number of aryl methyl sites for hydroxylation is 1. The highest BCUT2D eigenvalue weighted by Crippen LogP contribution is 2.31. The molecular weight excluding hydrogens is 426 g/mol. The number of carbonyl (C=O) groups is 2. The van der Waals surface area contributed by atoms with Gasteiger partial charge in [0.15, 0.2) is 10.9 Å². The van der Waals surface area contributed by atoms with Gasteiger partial charge in [-0.2, -0.15) is 0 Å². The highest BCUT2D eigenvalue weighted by Gasteiger charge is 2.26. The molecule has 1 unspecified atom stereocenters. The van der Waals surface area contributed by atoms with Crippen molar-refractivity contribution in [3.05, 3.63) is 63.9 Å². The van der Waals surface area contributed by atoms with Gasteiger partial charge in [0.25, 0.3) is 5.56 Å². The van der Waals surface area contributed by atoms with Crippen molar-refractivity contribution < 1.29 is 9.59 Å². The van der Waals surface area contributed by atoms with Crippen molar-refractivity contribution in [2.45, 2.75) is 30.7 Å². The number of hydrogen-bond acceptors (Lipinski definition) is 6. The summed E-state index contributed by atoms with van der Waals surface area (Å²) in [6.07, 6.45) is 0.742. The summed E-state index contributed by atoms with van der Waals surface area (Å²) in [5.41, 5.74) is 3.07. The number of aromatic nitrogens is 4. The zero-order valence-corrected chi connectivity index (χ0v) is 18.7. The van der Waals surface area contributed by atoms with Gasteiger partial charge in [-0.05, 0) is 49.2 Å². The Morgan fingerprint density at radius 1 is 1.12 bits per heavy atom. The first-order valence-electron chi connectivity index (χ1n) is 10.3. The third-order valence-electron chi connectivity index (χ3n) is 5.89. The predicted octanol–water partition coefficient (Wildman–Crippen LogP) is 2.85. The van der Waals surface area contributed by atoms with Crippen LogP contribution in [-0.2, 0) is 18.3 Å². The van der Waals surface area contributed by atoms with E-state index in [9.17, 15) is 14.4 Å². The molecular formula is C23H21N5O3S. The van der Waals surface area contributed by atoms with Crippen LogP contribution < -0.4 is 10.5 Å². The summed E-state index contributed by atoms with van der Waals surface area (Å²) in [6.45, 7) is 4.03. The van der Waals surface area contributed by atoms with Crippen molar-refractivity contribution in [1.82, 2.24) is 19.2 Å². The van der Waals surface area contributed by atoms with Crippen molar-refractivity contribution in [3.63, 3.8) is 0 Å². The van der Waals surface area contributed by atoms with Crippen LogP contribution in [-0.4, -0.2) is 42.7 Å². The van der Waals surface area contributed by atoms with Gasteiger partial charge in [-0.25, -0.2) is 0 Å². The second-order valence-electron chi connectivity index (χ2n) is 7.89. The summed E-state index contributed by atoms with van der Waals surface area (Å²) in [4.78, 5) is 39.3. The molecule has 162 valence electrons. The first kappa shape index (κ1) is 20.4. The van der Waals surface area contributed by atoms with E-state index in [0.29, 0.717) is 33.9 Å². The lowest BCUT2D eigenvalue weighted by molar-refractivity contribution is -0.116. The molecule has 3 heterocycles. The quantitative estimate of drug-likeness (QED) is 0.353. The number of nitrogens with zero attached hydrogens (tertiary/aromatic N) is 5. The summed E-state index contributed by atoms with van der Waals surface area (Å²) < 4.78 is 3.28. The van der Waals surface area contributed by atoms with Gasteiger partial charge in [0.2, 0.25) is 11.7 Å². The molecule has 0 fully saturated rings. The van der Waals surface area contributed by atoms with E-state index in [2.05, 4.69) is 10.2 Å². The topological polar surface area (TPSA) is 89.6 Å². The Balaban J connectivity index is 1.48. The number of benzene rings is 2. The zero-order valence-electron chi connectivity index (χ0n) is 17.9. The molecule has 8 nitrogen and oxygen atoms in total. The molecule has 5 rings (SSSR count). The van der Waals surface area contributed by atoms with Crippen LogP contribution in [0.4, 0.5) is 5.69 Å². The van der Waals surface area contributed by atoms with Crippen LogP contribution in [0.1, 0.15) is 29.8 Å². The third-order valence-corrected chi connectivity index (χ3v) is 6.93. The zero-order chi connectivity index (χ0) is 22.6. The lowest BCUT2D eigenvalue weighted by Gasteiger charge is -2.15. The van der Waals surface area contributed by atoms with Gasteiger partial charge in [0.1, 0.15) is 0 Å². The van der Waals surface area contributed by atoms with E-state index < -0.39 is 5.25 Å². The second-order valence-corrected chi connectivity index (χ2v) is 9.20. The summed E-state index contributed by atoms with van der Waals surface area (Å²) in [6, 6.07) is 12.8. The largest absolute Gasteiger partial charge is 0.312 e. The molecule has 9 heteroatoms. The van der Waals surface area contributed by atoms with E-state index in [-0.39, 0.29) is 17.2 Å². The van der Waals surface area contributed by atoms with E-state index >= 15 is 0 Å². The molecule has 1 aliphatic heterocycles. The van der Waals surface area contributed by atoms with Crippen molar-refractivity contribution >= 4 is 45.8 Å². The van der Waals surface area contributed by atoms with E-state index in [4.69, 9.17) is 0 Å². The molecule has 4 aromatic rings. The molecule has 1 atom stereocenters. The number of amides is 1. The fourth-order valence-electron chi connectivity index (χ4n) is 4.22. The van der Waals surface area contributed by atoms with Crippen LogP contribution in [0.25, 0.3) is 16.7 Å². The summed E-state index contributed by atoms with van der Waals surface area (Å²) in [5, 5.41) is 9.17. The summed E-state index contributed by atoms with van der Waals surface area (Å²) in [5.74, 6) is 0.412. The normalized spacial score (nSPS) is 14.2. The molecule has 2 aromatic carbocycles. The Morgan fingerprint density at radius 2 is 1.91 bits per heavy atom. The second kappa shape index (κ2) is 7.59. The first-order chi connectivity index (χ1) is 15.4. The Kier molecular flexibility index (Phi) is 4.85. The maximum Gasteiger partial charge on any atom is 0.262 e. The smallest absolute Gasteiger partial charge is 0.262 e. The standard InChI is InChI=1S/C23H21N5O3S/c1-13(20(30)16-8-9-18-15(12-16)10-11-27(18)14(2)29)32-23-25-24-22-26(3)21(31)17-6-4-5-7-19(17)28(22)23/h4-9,12-13H,10-11H2,1-3H3. The summed E-state index contributed by atoms with van der Waals surface area (Å²) >= 11 is 1.31. The molecule has 0 N–H and O–H groups in total. The molecule has 0 spiro atoms. The molecule has 0 aliphatic carbocycles. The van der Waals surface area contributed by atoms with Gasteiger partial charge < -0.3 is 4.90 Å². The Labute approximate surface area is 187 Å². The minimum absolute atomic E-state index is 0.00654. The average Bonchev–Trinajstić information content (AvgIpc) is 3.41. The monoisotopic (exact) mass is 447 g/mol. The molecule has 0 saturated heterocycles. The van der Waals surface area contributed by atoms with Crippen molar-refractivity contribution in [1.29, 1.82) is 0 Å². The Morgan fingerprint density at radius 3 is 2.69 bits per heavy atom. The number of Topliss-reactive ketones (excluding diaryl/α,β-unsaturated/α-hetero) is 1. The number of para-hydroxylation sites is 1. The lowest BCUT2D eigenvalue weighted by Crippen LogP contribution is -2.25. The van der Waals surface area contributed by atoms with Crippen LogP contribution in [0.2, 0.25) is 0 Å². The molecule has 1 aliphatic rings. The number of thioether (sulfide) groups is 1. The molecule has 1 amide bonds. The Hall–Kier alpha value is -3.46. The molecule has 0 bridgehead atoms. The number of hydrogen-bond donors (Lipinski definition) is 0. The summed E-state index contributed by atoms with van der Waals surface area (Å²) in [7, 11) is 1.66. The average molecular weight is 448 g/mol. The predicted molar refractivity (Wildman–Crippen MR) is 124 cm³/mol. The van der Waals surface area contributed by atoms with Gasteiger partial charge in [-0.15, -0.1) is 10.2 Å². The highest BCUT2D eigenvalue weighted by atomic mass is 32.2. The van der Waals surface area contributed by atoms with Gasteiger partial charge in [0.05, 0.1) is 16.2 Å². The van der Waals surface area contributed by atoms with Crippen LogP contribution in [0.5, 0.6) is 0 Å².